The van der Waals surface area contributed by atoms with Crippen LogP contribution in [0.15, 0.2) is 48.6 Å². The van der Waals surface area contributed by atoms with E-state index in [0.717, 1.165) is 30.2 Å². The summed E-state index contributed by atoms with van der Waals surface area (Å²) in [6, 6.07) is 11.6. The zero-order valence-corrected chi connectivity index (χ0v) is 18.4. The van der Waals surface area contributed by atoms with E-state index in [1.54, 1.807) is 13.2 Å². The normalized spacial score (nSPS) is 25.4. The summed E-state index contributed by atoms with van der Waals surface area (Å²) in [5.41, 5.74) is 3.71. The van der Waals surface area contributed by atoms with E-state index >= 15 is 0 Å². The van der Waals surface area contributed by atoms with E-state index in [1.807, 2.05) is 49.3 Å². The lowest BCUT2D eigenvalue weighted by molar-refractivity contribution is 0.0221. The molecule has 2 aromatic rings. The van der Waals surface area contributed by atoms with Gasteiger partial charge in [-0.05, 0) is 42.8 Å². The van der Waals surface area contributed by atoms with Crippen LogP contribution in [0.3, 0.4) is 0 Å². The number of rotatable bonds is 4. The van der Waals surface area contributed by atoms with Gasteiger partial charge in [-0.1, -0.05) is 12.1 Å². The molecule has 1 spiro atoms. The Morgan fingerprint density at radius 1 is 1.26 bits per heavy atom. The molecule has 0 fully saturated rings. The van der Waals surface area contributed by atoms with Gasteiger partial charge in [-0.15, -0.1) is 0 Å². The molecule has 2 heterocycles. The molecule has 0 saturated heterocycles. The molecule has 0 radical (unpaired) electrons. The van der Waals surface area contributed by atoms with E-state index in [-0.39, 0.29) is 23.6 Å². The molecule has 3 atom stereocenters. The van der Waals surface area contributed by atoms with Crippen molar-refractivity contribution in [1.82, 2.24) is 0 Å². The van der Waals surface area contributed by atoms with Crippen molar-refractivity contribution >= 4 is 17.3 Å². The Kier molecular flexibility index (Phi) is 4.61. The van der Waals surface area contributed by atoms with Crippen LogP contribution in [0.25, 0.3) is 0 Å². The summed E-state index contributed by atoms with van der Waals surface area (Å²) in [6.45, 7) is 0.949. The number of methoxy groups -OCH3 is 1. The predicted octanol–water partition coefficient (Wildman–Crippen LogP) is 3.79. The Morgan fingerprint density at radius 3 is 2.87 bits per heavy atom. The van der Waals surface area contributed by atoms with Crippen molar-refractivity contribution in [3.63, 3.8) is 0 Å². The Morgan fingerprint density at radius 2 is 2.10 bits per heavy atom. The van der Waals surface area contributed by atoms with Crippen molar-refractivity contribution in [3.8, 4) is 11.5 Å². The molecule has 0 aromatic heterocycles. The first-order valence-corrected chi connectivity index (χ1v) is 10.7. The second-order valence-corrected chi connectivity index (χ2v) is 8.79. The number of ether oxygens (including phenoxy) is 3. The third-order valence-electron chi connectivity index (χ3n) is 6.80. The second kappa shape index (κ2) is 7.22. The third kappa shape index (κ3) is 3.04. The van der Waals surface area contributed by atoms with E-state index in [0.29, 0.717) is 12.0 Å². The minimum atomic E-state index is -0.324. The van der Waals surface area contributed by atoms with Gasteiger partial charge in [0.05, 0.1) is 18.1 Å². The topological polar surface area (TPSA) is 51.2 Å². The minimum Gasteiger partial charge on any atom is -0.493 e. The monoisotopic (exact) mass is 420 g/mol. The van der Waals surface area contributed by atoms with Crippen LogP contribution in [0.4, 0.5) is 11.4 Å². The molecular formula is C25H28N2O4. The molecule has 0 saturated carbocycles. The smallest absolute Gasteiger partial charge is 0.338 e. The number of benzene rings is 2. The van der Waals surface area contributed by atoms with Crippen molar-refractivity contribution < 1.29 is 19.0 Å². The van der Waals surface area contributed by atoms with E-state index in [9.17, 15) is 4.79 Å². The molecule has 5 rings (SSSR count). The fourth-order valence-electron chi connectivity index (χ4n) is 5.07. The first-order valence-electron chi connectivity index (χ1n) is 10.7. The number of esters is 1. The number of hydrogen-bond acceptors (Lipinski definition) is 6. The lowest BCUT2D eigenvalue weighted by Crippen LogP contribution is -2.47. The van der Waals surface area contributed by atoms with Crippen molar-refractivity contribution in [2.45, 2.75) is 30.5 Å². The highest BCUT2D eigenvalue weighted by atomic mass is 16.6. The van der Waals surface area contributed by atoms with Crippen molar-refractivity contribution in [1.29, 1.82) is 0 Å². The van der Waals surface area contributed by atoms with Crippen LogP contribution in [0, 0.1) is 0 Å². The first kappa shape index (κ1) is 19.8. The van der Waals surface area contributed by atoms with Gasteiger partial charge in [-0.2, -0.15) is 0 Å². The molecule has 3 aliphatic rings. The van der Waals surface area contributed by atoms with Crippen LogP contribution < -0.4 is 19.3 Å². The fraction of sp³-hybridized carbons (Fsp3) is 0.400. The summed E-state index contributed by atoms with van der Waals surface area (Å²) in [4.78, 5) is 17.1. The zero-order valence-electron chi connectivity index (χ0n) is 18.4. The lowest BCUT2D eigenvalue weighted by atomic mass is 9.67. The van der Waals surface area contributed by atoms with Crippen molar-refractivity contribution in [2.75, 3.05) is 44.6 Å². The van der Waals surface area contributed by atoms with Gasteiger partial charge >= 0.3 is 5.97 Å². The van der Waals surface area contributed by atoms with E-state index in [4.69, 9.17) is 14.2 Å². The maximum atomic E-state index is 12.8. The fourth-order valence-corrected chi connectivity index (χ4v) is 5.07. The van der Waals surface area contributed by atoms with Crippen molar-refractivity contribution in [3.05, 3.63) is 59.7 Å². The van der Waals surface area contributed by atoms with Crippen LogP contribution in [0.1, 0.15) is 28.8 Å². The molecule has 31 heavy (non-hydrogen) atoms. The van der Waals surface area contributed by atoms with Crippen LogP contribution >= 0.6 is 0 Å². The highest BCUT2D eigenvalue weighted by molar-refractivity contribution is 5.90. The van der Waals surface area contributed by atoms with Crippen LogP contribution in [0.5, 0.6) is 11.5 Å². The molecule has 2 aliphatic heterocycles. The predicted molar refractivity (Wildman–Crippen MR) is 121 cm³/mol. The molecule has 162 valence electrons. The molecule has 6 nitrogen and oxygen atoms in total. The van der Waals surface area contributed by atoms with Gasteiger partial charge in [0.2, 0.25) is 0 Å². The summed E-state index contributed by atoms with van der Waals surface area (Å²) in [7, 11) is 7.69. The van der Waals surface area contributed by atoms with E-state index in [2.05, 4.69) is 24.1 Å². The standard InChI is InChI=1S/C25H28N2O4/c1-26(2)17-7-5-6-16(14-17)24(28)30-18-10-11-25-12-13-27(3)19-8-9-20(29-4)23(22(19)25)31-21(25)15-18/h5-11,14,18,21H,12-13,15H2,1-4H3/t18-,21?,25-/m0/s1. The number of anilines is 2. The molecule has 2 aromatic carbocycles. The van der Waals surface area contributed by atoms with Gasteiger partial charge in [0, 0.05) is 51.0 Å². The Hall–Kier alpha value is -3.15. The first-order chi connectivity index (χ1) is 14.9. The molecule has 0 amide bonds. The average Bonchev–Trinajstić information content (AvgIpc) is 3.12. The van der Waals surface area contributed by atoms with Gasteiger partial charge in [0.25, 0.3) is 0 Å². The maximum Gasteiger partial charge on any atom is 0.338 e. The van der Waals surface area contributed by atoms with Crippen LogP contribution in [-0.4, -0.2) is 53.0 Å². The molecule has 1 unspecified atom stereocenters. The van der Waals surface area contributed by atoms with Crippen LogP contribution in [0.2, 0.25) is 0 Å². The second-order valence-electron chi connectivity index (χ2n) is 8.79. The summed E-state index contributed by atoms with van der Waals surface area (Å²) >= 11 is 0. The van der Waals surface area contributed by atoms with Gasteiger partial charge in [0.1, 0.15) is 12.2 Å². The van der Waals surface area contributed by atoms with Crippen molar-refractivity contribution in [2.24, 2.45) is 0 Å². The van der Waals surface area contributed by atoms with Gasteiger partial charge < -0.3 is 24.0 Å². The third-order valence-corrected chi connectivity index (χ3v) is 6.80. The number of hydrogen-bond donors (Lipinski definition) is 0. The maximum absolute atomic E-state index is 12.8. The lowest BCUT2D eigenvalue weighted by Gasteiger charge is -2.42. The Bertz CT molecular complexity index is 1060. The van der Waals surface area contributed by atoms with Gasteiger partial charge in [0.15, 0.2) is 11.5 Å². The highest BCUT2D eigenvalue weighted by Crippen LogP contribution is 2.58. The molecule has 0 bridgehead atoms. The summed E-state index contributed by atoms with van der Waals surface area (Å²) in [6.07, 6.45) is 5.42. The molecule has 0 N–H and O–H groups in total. The largest absolute Gasteiger partial charge is 0.493 e. The number of nitrogens with zero attached hydrogens (tertiary/aromatic N) is 2. The number of carbonyl (C=O) groups excluding carboxylic acids is 1. The Labute approximate surface area is 183 Å². The molecular weight excluding hydrogens is 392 g/mol. The zero-order chi connectivity index (χ0) is 21.8. The van der Waals surface area contributed by atoms with E-state index in [1.165, 1.54) is 11.3 Å². The molecule has 1 aliphatic carbocycles. The highest BCUT2D eigenvalue weighted by Gasteiger charge is 2.54. The summed E-state index contributed by atoms with van der Waals surface area (Å²) in [5.74, 6) is 1.27. The summed E-state index contributed by atoms with van der Waals surface area (Å²) < 4.78 is 17.9. The van der Waals surface area contributed by atoms with Crippen LogP contribution in [-0.2, 0) is 10.2 Å². The average molecular weight is 421 g/mol. The molecule has 6 heteroatoms. The van der Waals surface area contributed by atoms with E-state index < -0.39 is 0 Å². The summed E-state index contributed by atoms with van der Waals surface area (Å²) in [5, 5.41) is 0. The number of carbonyl (C=O) groups is 1. The minimum absolute atomic E-state index is 0.0813. The SMILES string of the molecule is COc1ccc2c3c1OC1C[C@@H](OC(=O)c4cccc(N(C)C)c4)C=C[C@@]31CCN2C. The quantitative estimate of drug-likeness (QED) is 0.554. The Balaban J connectivity index is 1.42. The van der Waals surface area contributed by atoms with Gasteiger partial charge in [-0.3, -0.25) is 0 Å². The van der Waals surface area contributed by atoms with Gasteiger partial charge in [-0.25, -0.2) is 4.79 Å².